The number of sulfonamides is 1. The molecule has 0 fully saturated rings. The molecule has 0 spiro atoms. The minimum Gasteiger partial charge on any atom is -0.507 e. The first-order valence-corrected chi connectivity index (χ1v) is 11.5. The average Bonchev–Trinajstić information content (AvgIpc) is 2.79. The molecule has 3 aromatic rings. The molecule has 0 saturated carbocycles. The standard InChI is InChI=1S/C24H25N3O4S/c1-19-11-13-22(14-12-19)32(30,31)27(16-15-20-7-3-2-4-8-20)18-24(29)26-25-17-21-9-5-6-10-23(21)28/h2-14,17,28H,15-16,18H2,1H3,(H,26,29)/b25-17-. The highest BCUT2D eigenvalue weighted by Crippen LogP contribution is 2.17. The van der Waals surface area contributed by atoms with E-state index in [1.165, 1.54) is 24.4 Å². The number of hydrogen-bond donors (Lipinski definition) is 2. The molecule has 0 unspecified atom stereocenters. The molecular weight excluding hydrogens is 426 g/mol. The van der Waals surface area contributed by atoms with E-state index in [9.17, 15) is 18.3 Å². The lowest BCUT2D eigenvalue weighted by atomic mass is 10.1. The van der Waals surface area contributed by atoms with Crippen molar-refractivity contribution in [2.24, 2.45) is 5.10 Å². The summed E-state index contributed by atoms with van der Waals surface area (Å²) in [6.45, 7) is 1.62. The van der Waals surface area contributed by atoms with Gasteiger partial charge in [0.15, 0.2) is 0 Å². The summed E-state index contributed by atoms with van der Waals surface area (Å²) in [5.74, 6) is -0.558. The number of phenols is 1. The largest absolute Gasteiger partial charge is 0.507 e. The van der Waals surface area contributed by atoms with Gasteiger partial charge in [-0.3, -0.25) is 4.79 Å². The van der Waals surface area contributed by atoms with Crippen LogP contribution in [0.5, 0.6) is 5.75 Å². The fourth-order valence-corrected chi connectivity index (χ4v) is 4.41. The Morgan fingerprint density at radius 1 is 1.00 bits per heavy atom. The molecule has 0 radical (unpaired) electrons. The molecule has 8 heteroatoms. The third-order valence-electron chi connectivity index (χ3n) is 4.80. The zero-order valence-electron chi connectivity index (χ0n) is 17.7. The highest BCUT2D eigenvalue weighted by atomic mass is 32.2. The van der Waals surface area contributed by atoms with E-state index in [1.54, 1.807) is 30.3 Å². The van der Waals surface area contributed by atoms with E-state index in [4.69, 9.17) is 0 Å². The monoisotopic (exact) mass is 451 g/mol. The van der Waals surface area contributed by atoms with Crippen LogP contribution in [0.3, 0.4) is 0 Å². The maximum absolute atomic E-state index is 13.2. The van der Waals surface area contributed by atoms with E-state index in [1.807, 2.05) is 37.3 Å². The topological polar surface area (TPSA) is 99.1 Å². The van der Waals surface area contributed by atoms with E-state index in [-0.39, 0.29) is 23.7 Å². The van der Waals surface area contributed by atoms with Crippen molar-refractivity contribution in [3.8, 4) is 5.75 Å². The summed E-state index contributed by atoms with van der Waals surface area (Å²) in [6.07, 6.45) is 1.76. The van der Waals surface area contributed by atoms with Gasteiger partial charge in [0.2, 0.25) is 10.0 Å². The van der Waals surface area contributed by atoms with E-state index in [2.05, 4.69) is 10.5 Å². The number of rotatable bonds is 9. The fraction of sp³-hybridized carbons (Fsp3) is 0.167. The number of carbonyl (C=O) groups excluding carboxylic acids is 1. The number of para-hydroxylation sites is 1. The van der Waals surface area contributed by atoms with Crippen LogP contribution in [0.1, 0.15) is 16.7 Å². The number of phenolic OH excluding ortho intramolecular Hbond substituents is 1. The van der Waals surface area contributed by atoms with Crippen LogP contribution in [0.25, 0.3) is 0 Å². The molecule has 2 N–H and O–H groups in total. The quantitative estimate of drug-likeness (QED) is 0.386. The maximum Gasteiger partial charge on any atom is 0.255 e. The Balaban J connectivity index is 1.74. The summed E-state index contributed by atoms with van der Waals surface area (Å²) in [7, 11) is -3.89. The molecule has 32 heavy (non-hydrogen) atoms. The van der Waals surface area contributed by atoms with Crippen molar-refractivity contribution < 1.29 is 18.3 Å². The van der Waals surface area contributed by atoms with Crippen LogP contribution in [0.2, 0.25) is 0 Å². The van der Waals surface area contributed by atoms with Crippen molar-refractivity contribution in [1.29, 1.82) is 0 Å². The van der Waals surface area contributed by atoms with Crippen LogP contribution in [0.4, 0.5) is 0 Å². The first-order chi connectivity index (χ1) is 15.4. The van der Waals surface area contributed by atoms with E-state index in [0.717, 1.165) is 15.4 Å². The highest BCUT2D eigenvalue weighted by Gasteiger charge is 2.26. The highest BCUT2D eigenvalue weighted by molar-refractivity contribution is 7.89. The van der Waals surface area contributed by atoms with Crippen LogP contribution >= 0.6 is 0 Å². The van der Waals surface area contributed by atoms with Crippen LogP contribution in [0.15, 0.2) is 88.9 Å². The summed E-state index contributed by atoms with van der Waals surface area (Å²) >= 11 is 0. The minimum absolute atomic E-state index is 0.0249. The van der Waals surface area contributed by atoms with Crippen molar-refractivity contribution in [2.75, 3.05) is 13.1 Å². The molecule has 0 atom stereocenters. The Hall–Kier alpha value is -3.49. The number of carbonyl (C=O) groups is 1. The van der Waals surface area contributed by atoms with Crippen LogP contribution < -0.4 is 5.43 Å². The van der Waals surface area contributed by atoms with Gasteiger partial charge in [-0.25, -0.2) is 13.8 Å². The zero-order chi connectivity index (χ0) is 23.0. The van der Waals surface area contributed by atoms with Crippen molar-refractivity contribution in [3.05, 3.63) is 95.6 Å². The molecule has 0 aliphatic carbocycles. The molecule has 166 valence electrons. The van der Waals surface area contributed by atoms with Gasteiger partial charge in [-0.15, -0.1) is 0 Å². The predicted octanol–water partition coefficient (Wildman–Crippen LogP) is 3.08. The molecule has 0 bridgehead atoms. The SMILES string of the molecule is Cc1ccc(S(=O)(=O)N(CCc2ccccc2)CC(=O)N/N=C\c2ccccc2O)cc1. The summed E-state index contributed by atoms with van der Waals surface area (Å²) in [5.41, 5.74) is 4.67. The minimum atomic E-state index is -3.89. The van der Waals surface area contributed by atoms with Crippen LogP contribution in [-0.2, 0) is 21.2 Å². The molecule has 1 amide bonds. The number of amides is 1. The van der Waals surface area contributed by atoms with Crippen LogP contribution in [0, 0.1) is 6.92 Å². The van der Waals surface area contributed by atoms with Crippen molar-refractivity contribution in [3.63, 3.8) is 0 Å². The molecule has 0 saturated heterocycles. The van der Waals surface area contributed by atoms with Crippen molar-refractivity contribution in [1.82, 2.24) is 9.73 Å². The van der Waals surface area contributed by atoms with Gasteiger partial charge < -0.3 is 5.11 Å². The lowest BCUT2D eigenvalue weighted by Crippen LogP contribution is -2.40. The Morgan fingerprint density at radius 3 is 2.34 bits per heavy atom. The summed E-state index contributed by atoms with van der Waals surface area (Å²) in [6, 6.07) is 22.5. The summed E-state index contributed by atoms with van der Waals surface area (Å²) < 4.78 is 27.6. The fourth-order valence-electron chi connectivity index (χ4n) is 3.01. The second kappa shape index (κ2) is 10.7. The van der Waals surface area contributed by atoms with E-state index >= 15 is 0 Å². The lowest BCUT2D eigenvalue weighted by Gasteiger charge is -2.21. The van der Waals surface area contributed by atoms with Gasteiger partial charge in [-0.05, 0) is 43.2 Å². The number of aryl methyl sites for hydroxylation is 1. The molecule has 0 aliphatic rings. The second-order valence-corrected chi connectivity index (χ2v) is 9.18. The number of benzene rings is 3. The Morgan fingerprint density at radius 2 is 1.66 bits per heavy atom. The Labute approximate surface area is 188 Å². The zero-order valence-corrected chi connectivity index (χ0v) is 18.5. The molecule has 0 heterocycles. The number of nitrogens with zero attached hydrogens (tertiary/aromatic N) is 2. The summed E-state index contributed by atoms with van der Waals surface area (Å²) in [4.78, 5) is 12.6. The number of hydrogen-bond acceptors (Lipinski definition) is 5. The molecule has 3 rings (SSSR count). The van der Waals surface area contributed by atoms with E-state index in [0.29, 0.717) is 12.0 Å². The number of nitrogens with one attached hydrogen (secondary N) is 1. The normalized spacial score (nSPS) is 11.7. The summed E-state index contributed by atoms with van der Waals surface area (Å²) in [5, 5.41) is 13.6. The van der Waals surface area contributed by atoms with Gasteiger partial charge in [0.1, 0.15) is 5.75 Å². The molecular formula is C24H25N3O4S. The molecule has 0 aliphatic heterocycles. The van der Waals surface area contributed by atoms with Gasteiger partial charge in [0, 0.05) is 12.1 Å². The smallest absolute Gasteiger partial charge is 0.255 e. The second-order valence-electron chi connectivity index (χ2n) is 7.24. The number of aromatic hydroxyl groups is 1. The third-order valence-corrected chi connectivity index (χ3v) is 6.66. The van der Waals surface area contributed by atoms with Crippen molar-refractivity contribution in [2.45, 2.75) is 18.2 Å². The van der Waals surface area contributed by atoms with Crippen LogP contribution in [-0.4, -0.2) is 43.0 Å². The van der Waals surface area contributed by atoms with Gasteiger partial charge in [0.05, 0.1) is 17.7 Å². The Bertz CT molecular complexity index is 1180. The lowest BCUT2D eigenvalue weighted by molar-refractivity contribution is -0.121. The number of hydrazone groups is 1. The van der Waals surface area contributed by atoms with E-state index < -0.39 is 15.9 Å². The van der Waals surface area contributed by atoms with Gasteiger partial charge in [-0.2, -0.15) is 9.41 Å². The average molecular weight is 452 g/mol. The molecule has 7 nitrogen and oxygen atoms in total. The predicted molar refractivity (Wildman–Crippen MR) is 124 cm³/mol. The third kappa shape index (κ3) is 6.26. The Kier molecular flexibility index (Phi) is 7.75. The molecule has 0 aromatic heterocycles. The van der Waals surface area contributed by atoms with Crippen molar-refractivity contribution >= 4 is 22.1 Å². The van der Waals surface area contributed by atoms with Gasteiger partial charge >= 0.3 is 0 Å². The molecule has 3 aromatic carbocycles. The maximum atomic E-state index is 13.2. The first-order valence-electron chi connectivity index (χ1n) is 10.1. The van der Waals surface area contributed by atoms with Gasteiger partial charge in [0.25, 0.3) is 5.91 Å². The van der Waals surface area contributed by atoms with Gasteiger partial charge in [-0.1, -0.05) is 60.2 Å². The first kappa shape index (κ1) is 23.2.